The highest BCUT2D eigenvalue weighted by Gasteiger charge is 2.12. The van der Waals surface area contributed by atoms with Gasteiger partial charge >= 0.3 is 0 Å². The summed E-state index contributed by atoms with van der Waals surface area (Å²) in [5.74, 6) is -0.777. The number of halogens is 1. The van der Waals surface area contributed by atoms with Crippen molar-refractivity contribution in [2.75, 3.05) is 17.7 Å². The van der Waals surface area contributed by atoms with Crippen molar-refractivity contribution in [1.82, 2.24) is 0 Å². The summed E-state index contributed by atoms with van der Waals surface area (Å²) < 4.78 is 13.2. The molecule has 0 aromatic heterocycles. The van der Waals surface area contributed by atoms with Gasteiger partial charge in [0.1, 0.15) is 5.82 Å². The molecular weight excluding hydrogens is 243 g/mol. The molecule has 0 radical (unpaired) electrons. The highest BCUT2D eigenvalue weighted by Crippen LogP contribution is 2.18. The lowest BCUT2D eigenvalue weighted by molar-refractivity contribution is 0.102. The fraction of sp³-hybridized carbons (Fsp3) is 0.133. The van der Waals surface area contributed by atoms with Gasteiger partial charge in [-0.3, -0.25) is 4.79 Å². The van der Waals surface area contributed by atoms with E-state index in [1.807, 2.05) is 31.2 Å². The van der Waals surface area contributed by atoms with E-state index < -0.39 is 5.82 Å². The van der Waals surface area contributed by atoms with E-state index in [1.54, 1.807) is 13.1 Å². The average Bonchev–Trinajstić information content (AvgIpc) is 2.41. The zero-order valence-electron chi connectivity index (χ0n) is 10.8. The normalized spacial score (nSPS) is 10.1. The molecule has 98 valence electrons. The Morgan fingerprint density at radius 1 is 1.11 bits per heavy atom. The largest absolute Gasteiger partial charge is 0.387 e. The summed E-state index contributed by atoms with van der Waals surface area (Å²) in [6, 6.07) is 11.5. The topological polar surface area (TPSA) is 41.1 Å². The molecule has 0 fully saturated rings. The average molecular weight is 258 g/mol. The number of carbonyl (C=O) groups is 1. The van der Waals surface area contributed by atoms with E-state index in [-0.39, 0.29) is 11.5 Å². The molecule has 0 aliphatic carbocycles. The second-order valence-corrected chi connectivity index (χ2v) is 4.26. The number of nitrogens with one attached hydrogen (secondary N) is 2. The van der Waals surface area contributed by atoms with Gasteiger partial charge in [0.15, 0.2) is 0 Å². The third-order valence-electron chi connectivity index (χ3n) is 2.81. The van der Waals surface area contributed by atoms with Crippen LogP contribution in [0.4, 0.5) is 15.8 Å². The summed E-state index contributed by atoms with van der Waals surface area (Å²) in [7, 11) is 1.69. The maximum absolute atomic E-state index is 13.2. The predicted molar refractivity (Wildman–Crippen MR) is 75.1 cm³/mol. The van der Waals surface area contributed by atoms with Crippen LogP contribution in [-0.4, -0.2) is 13.0 Å². The Bertz CT molecular complexity index is 594. The Labute approximate surface area is 111 Å². The molecule has 0 saturated carbocycles. The summed E-state index contributed by atoms with van der Waals surface area (Å²) >= 11 is 0. The van der Waals surface area contributed by atoms with Crippen molar-refractivity contribution in [3.8, 4) is 0 Å². The number of anilines is 2. The molecule has 4 heteroatoms. The van der Waals surface area contributed by atoms with E-state index in [1.165, 1.54) is 12.1 Å². The molecule has 3 nitrogen and oxygen atoms in total. The molecule has 0 bridgehead atoms. The zero-order valence-corrected chi connectivity index (χ0v) is 10.8. The lowest BCUT2D eigenvalue weighted by Crippen LogP contribution is -2.14. The van der Waals surface area contributed by atoms with Gasteiger partial charge in [0.25, 0.3) is 5.91 Å². The monoisotopic (exact) mass is 258 g/mol. The number of benzene rings is 2. The van der Waals surface area contributed by atoms with Crippen molar-refractivity contribution in [2.24, 2.45) is 0 Å². The smallest absolute Gasteiger partial charge is 0.257 e. The van der Waals surface area contributed by atoms with Gasteiger partial charge in [0.2, 0.25) is 0 Å². The van der Waals surface area contributed by atoms with Crippen molar-refractivity contribution in [1.29, 1.82) is 0 Å². The van der Waals surface area contributed by atoms with Crippen LogP contribution in [0.1, 0.15) is 15.9 Å². The SMILES string of the molecule is CNc1ccc(F)cc1C(=O)Nc1ccc(C)cc1. The number of hydrogen-bond acceptors (Lipinski definition) is 2. The van der Waals surface area contributed by atoms with E-state index in [9.17, 15) is 9.18 Å². The van der Waals surface area contributed by atoms with Crippen LogP contribution >= 0.6 is 0 Å². The fourth-order valence-corrected chi connectivity index (χ4v) is 1.76. The fourth-order valence-electron chi connectivity index (χ4n) is 1.76. The summed E-state index contributed by atoms with van der Waals surface area (Å²) in [4.78, 5) is 12.1. The van der Waals surface area contributed by atoms with E-state index in [0.29, 0.717) is 11.4 Å². The van der Waals surface area contributed by atoms with Gasteiger partial charge in [-0.05, 0) is 37.3 Å². The minimum Gasteiger partial charge on any atom is -0.387 e. The van der Waals surface area contributed by atoms with Crippen molar-refractivity contribution in [3.63, 3.8) is 0 Å². The highest BCUT2D eigenvalue weighted by molar-refractivity contribution is 6.08. The van der Waals surface area contributed by atoms with Crippen LogP contribution in [0.2, 0.25) is 0 Å². The molecule has 0 saturated heterocycles. The highest BCUT2D eigenvalue weighted by atomic mass is 19.1. The Balaban J connectivity index is 2.24. The van der Waals surface area contributed by atoms with Gasteiger partial charge in [-0.1, -0.05) is 17.7 Å². The molecule has 2 rings (SSSR count). The predicted octanol–water partition coefficient (Wildman–Crippen LogP) is 3.43. The molecule has 2 aromatic carbocycles. The standard InChI is InChI=1S/C15H15FN2O/c1-10-3-6-12(7-4-10)18-15(19)13-9-11(16)5-8-14(13)17-2/h3-9,17H,1-2H3,(H,18,19). The van der Waals surface area contributed by atoms with Crippen molar-refractivity contribution >= 4 is 17.3 Å². The van der Waals surface area contributed by atoms with Crippen LogP contribution in [0.15, 0.2) is 42.5 Å². The van der Waals surface area contributed by atoms with Crippen molar-refractivity contribution in [2.45, 2.75) is 6.92 Å². The number of amides is 1. The summed E-state index contributed by atoms with van der Waals surface area (Å²) in [5, 5.41) is 5.61. The molecule has 2 N–H and O–H groups in total. The quantitative estimate of drug-likeness (QED) is 0.885. The zero-order chi connectivity index (χ0) is 13.8. The van der Waals surface area contributed by atoms with Gasteiger partial charge < -0.3 is 10.6 Å². The lowest BCUT2D eigenvalue weighted by atomic mass is 10.1. The Kier molecular flexibility index (Phi) is 3.80. The van der Waals surface area contributed by atoms with Gasteiger partial charge in [0.05, 0.1) is 5.56 Å². The summed E-state index contributed by atoms with van der Waals surface area (Å²) in [6.45, 7) is 1.97. The van der Waals surface area contributed by atoms with E-state index >= 15 is 0 Å². The molecule has 0 heterocycles. The minimum atomic E-state index is -0.437. The molecule has 0 aliphatic heterocycles. The first-order valence-corrected chi connectivity index (χ1v) is 5.95. The minimum absolute atomic E-state index is 0.281. The van der Waals surface area contributed by atoms with Crippen LogP contribution in [0.5, 0.6) is 0 Å². The van der Waals surface area contributed by atoms with Gasteiger partial charge in [-0.2, -0.15) is 0 Å². The van der Waals surface area contributed by atoms with E-state index in [0.717, 1.165) is 5.56 Å². The first-order chi connectivity index (χ1) is 9.10. The Hall–Kier alpha value is -2.36. The van der Waals surface area contributed by atoms with Crippen LogP contribution in [-0.2, 0) is 0 Å². The molecule has 1 amide bonds. The van der Waals surface area contributed by atoms with Crippen LogP contribution in [0.25, 0.3) is 0 Å². The molecule has 0 spiro atoms. The maximum Gasteiger partial charge on any atom is 0.257 e. The molecular formula is C15H15FN2O. The summed E-state index contributed by atoms with van der Waals surface area (Å²) in [6.07, 6.45) is 0. The Morgan fingerprint density at radius 3 is 2.42 bits per heavy atom. The second-order valence-electron chi connectivity index (χ2n) is 4.26. The third-order valence-corrected chi connectivity index (χ3v) is 2.81. The lowest BCUT2D eigenvalue weighted by Gasteiger charge is -2.10. The number of aryl methyl sites for hydroxylation is 1. The molecule has 0 unspecified atom stereocenters. The van der Waals surface area contributed by atoms with Crippen LogP contribution < -0.4 is 10.6 Å². The molecule has 19 heavy (non-hydrogen) atoms. The molecule has 0 atom stereocenters. The van der Waals surface area contributed by atoms with Gasteiger partial charge in [-0.15, -0.1) is 0 Å². The maximum atomic E-state index is 13.2. The van der Waals surface area contributed by atoms with Crippen LogP contribution in [0.3, 0.4) is 0 Å². The van der Waals surface area contributed by atoms with E-state index in [4.69, 9.17) is 0 Å². The number of hydrogen-bond donors (Lipinski definition) is 2. The van der Waals surface area contributed by atoms with Crippen molar-refractivity contribution < 1.29 is 9.18 Å². The van der Waals surface area contributed by atoms with Gasteiger partial charge in [0, 0.05) is 18.4 Å². The van der Waals surface area contributed by atoms with E-state index in [2.05, 4.69) is 10.6 Å². The number of carbonyl (C=O) groups excluding carboxylic acids is 1. The van der Waals surface area contributed by atoms with Crippen LogP contribution in [0, 0.1) is 12.7 Å². The first-order valence-electron chi connectivity index (χ1n) is 5.95. The second kappa shape index (κ2) is 5.52. The Morgan fingerprint density at radius 2 is 1.79 bits per heavy atom. The van der Waals surface area contributed by atoms with Crippen molar-refractivity contribution in [3.05, 3.63) is 59.4 Å². The summed E-state index contributed by atoms with van der Waals surface area (Å²) in [5.41, 5.74) is 2.66. The molecule has 2 aromatic rings. The number of rotatable bonds is 3. The molecule has 0 aliphatic rings. The first kappa shape index (κ1) is 13.1. The van der Waals surface area contributed by atoms with Gasteiger partial charge in [-0.25, -0.2) is 4.39 Å². The third kappa shape index (κ3) is 3.10.